The van der Waals surface area contributed by atoms with Crippen molar-refractivity contribution in [3.05, 3.63) is 11.9 Å². The predicted octanol–water partition coefficient (Wildman–Crippen LogP) is 3.68. The van der Waals surface area contributed by atoms with Gasteiger partial charge in [0.15, 0.2) is 0 Å². The predicted molar refractivity (Wildman–Crippen MR) is 66.8 cm³/mol. The highest BCUT2D eigenvalue weighted by Crippen LogP contribution is 2.30. The topological polar surface area (TPSA) is 37.8 Å². The van der Waals surface area contributed by atoms with E-state index in [-0.39, 0.29) is 5.82 Å². The number of hydrogen-bond donors (Lipinski definition) is 1. The van der Waals surface area contributed by atoms with E-state index in [4.69, 9.17) is 0 Å². The zero-order valence-corrected chi connectivity index (χ0v) is 11.3. The van der Waals surface area contributed by atoms with Gasteiger partial charge in [0.05, 0.1) is 0 Å². The fraction of sp³-hybridized carbons (Fsp3) is 0.636. The Labute approximate surface area is 109 Å². The maximum absolute atomic E-state index is 12.6. The molecule has 102 valence electrons. The minimum absolute atomic E-state index is 0.184. The van der Waals surface area contributed by atoms with Gasteiger partial charge in [0.1, 0.15) is 10.8 Å². The Morgan fingerprint density at radius 1 is 1.39 bits per heavy atom. The number of nitrogens with one attached hydrogen (secondary N) is 1. The van der Waals surface area contributed by atoms with Crippen molar-refractivity contribution in [2.45, 2.75) is 31.5 Å². The van der Waals surface area contributed by atoms with Gasteiger partial charge in [-0.3, -0.25) is 0 Å². The van der Waals surface area contributed by atoms with Gasteiger partial charge in [-0.1, -0.05) is 20.3 Å². The minimum Gasteiger partial charge on any atom is -0.373 e. The lowest BCUT2D eigenvalue weighted by Gasteiger charge is -2.11. The molecule has 0 aromatic carbocycles. The Kier molecular flexibility index (Phi) is 5.25. The van der Waals surface area contributed by atoms with Crippen LogP contribution in [-0.4, -0.2) is 22.8 Å². The van der Waals surface area contributed by atoms with Gasteiger partial charge in [-0.2, -0.15) is 13.2 Å². The molecule has 1 aromatic heterocycles. The molecule has 1 N–H and O–H groups in total. The second-order valence-electron chi connectivity index (χ2n) is 3.99. The number of alkyl halides is 3. The van der Waals surface area contributed by atoms with E-state index in [0.29, 0.717) is 10.9 Å². The Morgan fingerprint density at radius 3 is 2.56 bits per heavy atom. The molecule has 0 aliphatic heterocycles. The molecule has 1 atom stereocenters. The Bertz CT molecular complexity index is 396. The SMILES string of the molecule is CCC(C)CSc1cc(NC)nc(C(F)(F)F)n1. The van der Waals surface area contributed by atoms with Crippen molar-refractivity contribution in [1.29, 1.82) is 0 Å². The standard InChI is InChI=1S/C11H16F3N3S/c1-4-7(2)6-18-9-5-8(15-3)16-10(17-9)11(12,13)14/h5,7H,4,6H2,1-3H3,(H,15,16,17). The molecule has 0 spiro atoms. The first-order valence-corrected chi connectivity index (χ1v) is 6.62. The quantitative estimate of drug-likeness (QED) is 0.659. The number of nitrogens with zero attached hydrogens (tertiary/aromatic N) is 2. The molecule has 1 unspecified atom stereocenters. The van der Waals surface area contributed by atoms with Crippen molar-refractivity contribution >= 4 is 17.6 Å². The fourth-order valence-electron chi connectivity index (χ4n) is 1.10. The first-order chi connectivity index (χ1) is 8.36. The van der Waals surface area contributed by atoms with E-state index >= 15 is 0 Å². The third-order valence-corrected chi connectivity index (χ3v) is 3.67. The van der Waals surface area contributed by atoms with Gasteiger partial charge in [0.25, 0.3) is 0 Å². The summed E-state index contributed by atoms with van der Waals surface area (Å²) >= 11 is 1.32. The highest BCUT2D eigenvalue weighted by atomic mass is 32.2. The van der Waals surface area contributed by atoms with Gasteiger partial charge in [-0.05, 0) is 5.92 Å². The summed E-state index contributed by atoms with van der Waals surface area (Å²) in [6.07, 6.45) is -3.53. The lowest BCUT2D eigenvalue weighted by molar-refractivity contribution is -0.145. The van der Waals surface area contributed by atoms with Crippen LogP contribution in [0.2, 0.25) is 0 Å². The molecule has 18 heavy (non-hydrogen) atoms. The van der Waals surface area contributed by atoms with Crippen LogP contribution in [0.1, 0.15) is 26.1 Å². The molecule has 1 rings (SSSR count). The third kappa shape index (κ3) is 4.36. The smallest absolute Gasteiger partial charge is 0.373 e. The molecule has 1 heterocycles. The molecule has 0 fully saturated rings. The fourth-order valence-corrected chi connectivity index (χ4v) is 2.14. The number of rotatable bonds is 5. The minimum atomic E-state index is -4.52. The van der Waals surface area contributed by atoms with Crippen molar-refractivity contribution < 1.29 is 13.2 Å². The van der Waals surface area contributed by atoms with E-state index in [2.05, 4.69) is 22.2 Å². The summed E-state index contributed by atoms with van der Waals surface area (Å²) in [6.45, 7) is 4.10. The average molecular weight is 279 g/mol. The number of anilines is 1. The molecule has 0 bridgehead atoms. The van der Waals surface area contributed by atoms with Crippen molar-refractivity contribution in [1.82, 2.24) is 9.97 Å². The molecular formula is C11H16F3N3S. The largest absolute Gasteiger partial charge is 0.451 e. The van der Waals surface area contributed by atoms with Gasteiger partial charge in [-0.15, -0.1) is 11.8 Å². The molecular weight excluding hydrogens is 263 g/mol. The van der Waals surface area contributed by atoms with E-state index in [1.54, 1.807) is 0 Å². The highest BCUT2D eigenvalue weighted by molar-refractivity contribution is 7.99. The van der Waals surface area contributed by atoms with Crippen LogP contribution in [0, 0.1) is 5.92 Å². The number of halogens is 3. The summed E-state index contributed by atoms with van der Waals surface area (Å²) in [5.41, 5.74) is 0. The van der Waals surface area contributed by atoms with Crippen molar-refractivity contribution in [3.8, 4) is 0 Å². The summed E-state index contributed by atoms with van der Waals surface area (Å²) in [7, 11) is 1.53. The van der Waals surface area contributed by atoms with Crippen molar-refractivity contribution in [2.75, 3.05) is 18.1 Å². The Hall–Kier alpha value is -0.980. The van der Waals surface area contributed by atoms with Crippen LogP contribution < -0.4 is 5.32 Å². The molecule has 0 saturated heterocycles. The zero-order chi connectivity index (χ0) is 13.8. The van der Waals surface area contributed by atoms with Gasteiger partial charge in [0, 0.05) is 18.9 Å². The second kappa shape index (κ2) is 6.26. The first-order valence-electron chi connectivity index (χ1n) is 5.63. The normalized spacial score (nSPS) is 13.4. The molecule has 0 amide bonds. The zero-order valence-electron chi connectivity index (χ0n) is 10.5. The van der Waals surface area contributed by atoms with E-state index < -0.39 is 12.0 Å². The maximum Gasteiger partial charge on any atom is 0.451 e. The summed E-state index contributed by atoms with van der Waals surface area (Å²) < 4.78 is 37.8. The molecule has 0 aliphatic rings. The lowest BCUT2D eigenvalue weighted by Crippen LogP contribution is -2.13. The number of thioether (sulfide) groups is 1. The number of aromatic nitrogens is 2. The highest BCUT2D eigenvalue weighted by Gasteiger charge is 2.35. The molecule has 0 aliphatic carbocycles. The van der Waals surface area contributed by atoms with Crippen LogP contribution in [0.25, 0.3) is 0 Å². The monoisotopic (exact) mass is 279 g/mol. The molecule has 3 nitrogen and oxygen atoms in total. The maximum atomic E-state index is 12.6. The van der Waals surface area contributed by atoms with Gasteiger partial charge in [-0.25, -0.2) is 9.97 Å². The van der Waals surface area contributed by atoms with Crippen molar-refractivity contribution in [3.63, 3.8) is 0 Å². The van der Waals surface area contributed by atoms with Crippen LogP contribution in [0.3, 0.4) is 0 Å². The van der Waals surface area contributed by atoms with Gasteiger partial charge < -0.3 is 5.32 Å². The van der Waals surface area contributed by atoms with Gasteiger partial charge in [0.2, 0.25) is 5.82 Å². The average Bonchev–Trinajstić information content (AvgIpc) is 2.34. The first kappa shape index (κ1) is 15.1. The van der Waals surface area contributed by atoms with Crippen LogP contribution in [0.15, 0.2) is 11.1 Å². The Morgan fingerprint density at radius 2 is 2.06 bits per heavy atom. The van der Waals surface area contributed by atoms with E-state index in [1.165, 1.54) is 24.9 Å². The summed E-state index contributed by atoms with van der Waals surface area (Å²) in [4.78, 5) is 6.96. The summed E-state index contributed by atoms with van der Waals surface area (Å²) in [5, 5.41) is 2.97. The van der Waals surface area contributed by atoms with Crippen LogP contribution in [0.4, 0.5) is 19.0 Å². The van der Waals surface area contributed by atoms with Crippen LogP contribution >= 0.6 is 11.8 Å². The van der Waals surface area contributed by atoms with Crippen LogP contribution in [-0.2, 0) is 6.18 Å². The second-order valence-corrected chi connectivity index (χ2v) is 5.03. The van der Waals surface area contributed by atoms with Crippen molar-refractivity contribution in [2.24, 2.45) is 5.92 Å². The lowest BCUT2D eigenvalue weighted by atomic mass is 10.2. The van der Waals surface area contributed by atoms with Crippen LogP contribution in [0.5, 0.6) is 0 Å². The molecule has 0 radical (unpaired) electrons. The molecule has 7 heteroatoms. The molecule has 1 aromatic rings. The van der Waals surface area contributed by atoms with E-state index in [0.717, 1.165) is 12.2 Å². The summed E-state index contributed by atoms with van der Waals surface area (Å²) in [5.74, 6) is 0.274. The van der Waals surface area contributed by atoms with E-state index in [1.807, 2.05) is 6.92 Å². The number of hydrogen-bond acceptors (Lipinski definition) is 4. The summed E-state index contributed by atoms with van der Waals surface area (Å²) in [6, 6.07) is 1.53. The van der Waals surface area contributed by atoms with E-state index in [9.17, 15) is 13.2 Å². The Balaban J connectivity index is 2.91. The van der Waals surface area contributed by atoms with Gasteiger partial charge >= 0.3 is 6.18 Å². The molecule has 0 saturated carbocycles. The third-order valence-electron chi connectivity index (χ3n) is 2.42.